The number of anilines is 1. The third-order valence-corrected chi connectivity index (χ3v) is 4.23. The molecule has 2 heterocycles. The van der Waals surface area contributed by atoms with Gasteiger partial charge in [0, 0.05) is 29.3 Å². The minimum absolute atomic E-state index is 0.115. The smallest absolute Gasteiger partial charge is 0.274 e. The van der Waals surface area contributed by atoms with Gasteiger partial charge in [0.2, 0.25) is 0 Å². The second-order valence-electron chi connectivity index (χ2n) is 5.29. The molecule has 0 saturated carbocycles. The summed E-state index contributed by atoms with van der Waals surface area (Å²) in [6.07, 6.45) is 3.12. The molecule has 0 unspecified atom stereocenters. The summed E-state index contributed by atoms with van der Waals surface area (Å²) in [5.41, 5.74) is 1.16. The number of hydrogen-bond donors (Lipinski definition) is 1. The lowest BCUT2D eigenvalue weighted by atomic mass is 9.96. The van der Waals surface area contributed by atoms with Gasteiger partial charge in [0.15, 0.2) is 0 Å². The zero-order valence-electron chi connectivity index (χ0n) is 12.3. The van der Waals surface area contributed by atoms with Crippen molar-refractivity contribution in [1.29, 1.82) is 0 Å². The van der Waals surface area contributed by atoms with E-state index in [9.17, 15) is 9.18 Å². The van der Waals surface area contributed by atoms with Crippen LogP contribution in [-0.2, 0) is 4.74 Å². The maximum absolute atomic E-state index is 13.8. The van der Waals surface area contributed by atoms with E-state index in [0.29, 0.717) is 17.7 Å². The summed E-state index contributed by atoms with van der Waals surface area (Å²) in [7, 11) is 0. The molecular formula is C16H15BrFN3O2. The molecule has 0 atom stereocenters. The largest absolute Gasteiger partial charge is 0.381 e. The summed E-state index contributed by atoms with van der Waals surface area (Å²) in [4.78, 5) is 20.5. The van der Waals surface area contributed by atoms with Gasteiger partial charge in [-0.3, -0.25) is 4.79 Å². The Morgan fingerprint density at radius 2 is 2.04 bits per heavy atom. The first kappa shape index (κ1) is 16.0. The van der Waals surface area contributed by atoms with Crippen LogP contribution in [0.3, 0.4) is 0 Å². The Labute approximate surface area is 141 Å². The number of halogens is 2. The number of hydrogen-bond acceptors (Lipinski definition) is 4. The summed E-state index contributed by atoms with van der Waals surface area (Å²) < 4.78 is 19.7. The van der Waals surface area contributed by atoms with E-state index in [-0.39, 0.29) is 17.3 Å². The monoisotopic (exact) mass is 379 g/mol. The molecule has 1 N–H and O–H groups in total. The Morgan fingerprint density at radius 1 is 1.26 bits per heavy atom. The topological polar surface area (TPSA) is 64.1 Å². The van der Waals surface area contributed by atoms with E-state index >= 15 is 0 Å². The standard InChI is InChI=1S/C16H15BrFN3O2/c17-11-1-2-13(12(18)7-11)21-16(22)15-8-14(19-9-20-15)10-3-5-23-6-4-10/h1-2,7-10H,3-6H2,(H,21,22). The van der Waals surface area contributed by atoms with Gasteiger partial charge in [0.05, 0.1) is 5.69 Å². The third kappa shape index (κ3) is 3.92. The molecule has 0 bridgehead atoms. The van der Waals surface area contributed by atoms with E-state index in [1.54, 1.807) is 12.1 Å². The van der Waals surface area contributed by atoms with Gasteiger partial charge in [-0.1, -0.05) is 15.9 Å². The van der Waals surface area contributed by atoms with Gasteiger partial charge in [-0.05, 0) is 37.1 Å². The van der Waals surface area contributed by atoms with Crippen LogP contribution in [0.1, 0.15) is 34.9 Å². The highest BCUT2D eigenvalue weighted by Gasteiger charge is 2.19. The number of ether oxygens (including phenoxy) is 1. The molecule has 1 aliphatic heterocycles. The second kappa shape index (κ2) is 7.14. The number of aromatic nitrogens is 2. The van der Waals surface area contributed by atoms with Crippen molar-refractivity contribution in [2.75, 3.05) is 18.5 Å². The maximum atomic E-state index is 13.8. The predicted molar refractivity (Wildman–Crippen MR) is 86.9 cm³/mol. The minimum Gasteiger partial charge on any atom is -0.381 e. The van der Waals surface area contributed by atoms with Gasteiger partial charge >= 0.3 is 0 Å². The summed E-state index contributed by atoms with van der Waals surface area (Å²) >= 11 is 3.18. The minimum atomic E-state index is -0.508. The molecule has 1 aromatic carbocycles. The molecule has 1 amide bonds. The Bertz CT molecular complexity index is 720. The lowest BCUT2D eigenvalue weighted by Crippen LogP contribution is -2.18. The number of benzene rings is 1. The van der Waals surface area contributed by atoms with E-state index < -0.39 is 11.7 Å². The molecule has 2 aromatic rings. The fraction of sp³-hybridized carbons (Fsp3) is 0.312. The molecule has 3 rings (SSSR count). The molecule has 1 aromatic heterocycles. The maximum Gasteiger partial charge on any atom is 0.274 e. The molecule has 0 aliphatic carbocycles. The van der Waals surface area contributed by atoms with Crippen LogP contribution in [0.4, 0.5) is 10.1 Å². The average Bonchev–Trinajstić information content (AvgIpc) is 2.58. The lowest BCUT2D eigenvalue weighted by molar-refractivity contribution is 0.0844. The number of carbonyl (C=O) groups excluding carboxylic acids is 1. The van der Waals surface area contributed by atoms with Gasteiger partial charge in [-0.2, -0.15) is 0 Å². The molecule has 0 radical (unpaired) electrons. The van der Waals surface area contributed by atoms with Crippen molar-refractivity contribution in [1.82, 2.24) is 9.97 Å². The average molecular weight is 380 g/mol. The fourth-order valence-electron chi connectivity index (χ4n) is 2.49. The predicted octanol–water partition coefficient (Wildman–Crippen LogP) is 3.52. The van der Waals surface area contributed by atoms with Crippen LogP contribution >= 0.6 is 15.9 Å². The summed E-state index contributed by atoms with van der Waals surface area (Å²) in [5.74, 6) is -0.698. The van der Waals surface area contributed by atoms with E-state index in [2.05, 4.69) is 31.2 Å². The van der Waals surface area contributed by atoms with Gasteiger partial charge in [-0.25, -0.2) is 14.4 Å². The van der Waals surface area contributed by atoms with E-state index in [4.69, 9.17) is 4.74 Å². The Morgan fingerprint density at radius 3 is 2.78 bits per heavy atom. The highest BCUT2D eigenvalue weighted by molar-refractivity contribution is 9.10. The van der Waals surface area contributed by atoms with E-state index in [1.165, 1.54) is 18.5 Å². The Kier molecular flexibility index (Phi) is 4.97. The third-order valence-electron chi connectivity index (χ3n) is 3.74. The second-order valence-corrected chi connectivity index (χ2v) is 6.21. The molecule has 0 spiro atoms. The Hall–Kier alpha value is -1.86. The van der Waals surface area contributed by atoms with Crippen LogP contribution in [-0.4, -0.2) is 29.1 Å². The number of nitrogens with zero attached hydrogens (tertiary/aromatic N) is 2. The first-order chi connectivity index (χ1) is 11.1. The van der Waals surface area contributed by atoms with Crippen molar-refractivity contribution in [3.63, 3.8) is 0 Å². The molecule has 7 heteroatoms. The van der Waals surface area contributed by atoms with Crippen LogP contribution in [0.25, 0.3) is 0 Å². The number of amides is 1. The van der Waals surface area contributed by atoms with Crippen molar-refractivity contribution in [2.45, 2.75) is 18.8 Å². The normalized spacial score (nSPS) is 15.4. The molecule has 1 aliphatic rings. The van der Waals surface area contributed by atoms with Crippen LogP contribution in [0, 0.1) is 5.82 Å². The molecule has 1 fully saturated rings. The lowest BCUT2D eigenvalue weighted by Gasteiger charge is -2.21. The first-order valence-corrected chi connectivity index (χ1v) is 8.09. The van der Waals surface area contributed by atoms with Crippen molar-refractivity contribution in [3.8, 4) is 0 Å². The molecule has 120 valence electrons. The van der Waals surface area contributed by atoms with Gasteiger partial charge in [-0.15, -0.1) is 0 Å². The van der Waals surface area contributed by atoms with Gasteiger partial charge in [0.25, 0.3) is 5.91 Å². The van der Waals surface area contributed by atoms with Crippen LogP contribution in [0.15, 0.2) is 35.1 Å². The Balaban J connectivity index is 1.76. The fourth-order valence-corrected chi connectivity index (χ4v) is 2.82. The first-order valence-electron chi connectivity index (χ1n) is 7.29. The SMILES string of the molecule is O=C(Nc1ccc(Br)cc1F)c1cc(C2CCOCC2)ncn1. The van der Waals surface area contributed by atoms with Crippen molar-refractivity contribution in [2.24, 2.45) is 0 Å². The summed E-state index contributed by atoms with van der Waals surface area (Å²) in [5, 5.41) is 2.53. The van der Waals surface area contributed by atoms with Crippen molar-refractivity contribution < 1.29 is 13.9 Å². The molecule has 23 heavy (non-hydrogen) atoms. The van der Waals surface area contributed by atoms with Crippen molar-refractivity contribution >= 4 is 27.5 Å². The zero-order chi connectivity index (χ0) is 16.2. The zero-order valence-corrected chi connectivity index (χ0v) is 13.8. The molecule has 1 saturated heterocycles. The van der Waals surface area contributed by atoms with E-state index in [1.807, 2.05) is 0 Å². The van der Waals surface area contributed by atoms with Crippen LogP contribution in [0.5, 0.6) is 0 Å². The number of nitrogens with one attached hydrogen (secondary N) is 1. The highest BCUT2D eigenvalue weighted by Crippen LogP contribution is 2.25. The molecule has 5 nitrogen and oxygen atoms in total. The highest BCUT2D eigenvalue weighted by atomic mass is 79.9. The quantitative estimate of drug-likeness (QED) is 0.885. The van der Waals surface area contributed by atoms with Crippen LogP contribution < -0.4 is 5.32 Å². The number of carbonyl (C=O) groups is 1. The van der Waals surface area contributed by atoms with Crippen molar-refractivity contribution in [3.05, 3.63) is 52.3 Å². The summed E-state index contributed by atoms with van der Waals surface area (Å²) in [6.45, 7) is 1.39. The molecular weight excluding hydrogens is 365 g/mol. The number of rotatable bonds is 3. The van der Waals surface area contributed by atoms with Crippen LogP contribution in [0.2, 0.25) is 0 Å². The summed E-state index contributed by atoms with van der Waals surface area (Å²) in [6, 6.07) is 6.12. The van der Waals surface area contributed by atoms with Gasteiger partial charge in [0.1, 0.15) is 17.8 Å². The van der Waals surface area contributed by atoms with E-state index in [0.717, 1.165) is 18.5 Å². The van der Waals surface area contributed by atoms with Gasteiger partial charge < -0.3 is 10.1 Å².